The fraction of sp³-hybridized carbons (Fsp3) is 0.786. The zero-order chi connectivity index (χ0) is 13.1. The maximum absolute atomic E-state index is 12.0. The van der Waals surface area contributed by atoms with E-state index < -0.39 is 11.9 Å². The van der Waals surface area contributed by atoms with Gasteiger partial charge in [0.1, 0.15) is 17.5 Å². The number of ether oxygens (including phenoxy) is 1. The van der Waals surface area contributed by atoms with Gasteiger partial charge in [-0.3, -0.25) is 14.4 Å². The third-order valence-electron chi connectivity index (χ3n) is 3.58. The first-order valence-corrected chi connectivity index (χ1v) is 6.83. The highest BCUT2D eigenvalue weighted by Gasteiger charge is 2.38. The number of hydrogen-bond donors (Lipinski definition) is 0. The van der Waals surface area contributed by atoms with Crippen LogP contribution in [-0.2, 0) is 19.1 Å². The van der Waals surface area contributed by atoms with Gasteiger partial charge in [0.2, 0.25) is 0 Å². The Bertz CT molecular complexity index is 353. The van der Waals surface area contributed by atoms with Crippen molar-refractivity contribution in [2.75, 3.05) is 6.61 Å². The summed E-state index contributed by atoms with van der Waals surface area (Å²) in [5.41, 5.74) is 0. The summed E-state index contributed by atoms with van der Waals surface area (Å²) in [5, 5.41) is 0. The molecule has 18 heavy (non-hydrogen) atoms. The largest absolute Gasteiger partial charge is 0.465 e. The van der Waals surface area contributed by atoms with E-state index >= 15 is 0 Å². The smallest absolute Gasteiger partial charge is 0.316 e. The van der Waals surface area contributed by atoms with Gasteiger partial charge >= 0.3 is 5.97 Å². The van der Waals surface area contributed by atoms with E-state index in [4.69, 9.17) is 4.74 Å². The summed E-state index contributed by atoms with van der Waals surface area (Å²) in [6, 6.07) is 0. The van der Waals surface area contributed by atoms with Crippen molar-refractivity contribution in [3.63, 3.8) is 0 Å². The Morgan fingerprint density at radius 2 is 1.83 bits per heavy atom. The van der Waals surface area contributed by atoms with Crippen molar-refractivity contribution in [2.45, 2.75) is 45.4 Å². The number of Topliss-reactive ketones (excluding diaryl/α,β-unsaturated/α-hetero) is 2. The summed E-state index contributed by atoms with van der Waals surface area (Å²) in [6.07, 6.45) is 4.43. The van der Waals surface area contributed by atoms with E-state index in [-0.39, 0.29) is 30.5 Å². The van der Waals surface area contributed by atoms with Gasteiger partial charge in [-0.05, 0) is 38.5 Å². The topological polar surface area (TPSA) is 60.4 Å². The monoisotopic (exact) mass is 252 g/mol. The molecule has 0 heterocycles. The first kappa shape index (κ1) is 13.2. The van der Waals surface area contributed by atoms with Crippen LogP contribution in [0.3, 0.4) is 0 Å². The van der Waals surface area contributed by atoms with Crippen LogP contribution in [0.4, 0.5) is 0 Å². The van der Waals surface area contributed by atoms with Gasteiger partial charge < -0.3 is 4.74 Å². The number of carbonyl (C=O) groups excluding carboxylic acids is 3. The summed E-state index contributed by atoms with van der Waals surface area (Å²) in [7, 11) is 0. The zero-order valence-corrected chi connectivity index (χ0v) is 10.8. The average Bonchev–Trinajstić information content (AvgIpc) is 3.15. The average molecular weight is 252 g/mol. The Balaban J connectivity index is 1.93. The third-order valence-corrected chi connectivity index (χ3v) is 3.58. The van der Waals surface area contributed by atoms with E-state index in [1.54, 1.807) is 6.92 Å². The normalized spacial score (nSPS) is 20.3. The number of hydrogen-bond acceptors (Lipinski definition) is 4. The van der Waals surface area contributed by atoms with Crippen molar-refractivity contribution < 1.29 is 19.1 Å². The molecular formula is C14H20O4. The quantitative estimate of drug-likeness (QED) is 0.489. The summed E-state index contributed by atoms with van der Waals surface area (Å²) in [4.78, 5) is 35.6. The molecule has 0 spiro atoms. The third kappa shape index (κ3) is 3.65. The molecule has 0 aromatic carbocycles. The van der Waals surface area contributed by atoms with Crippen LogP contribution in [0.5, 0.6) is 0 Å². The SMILES string of the molecule is CCOC(=O)C(CC(=O)C1CC1)C(=O)CC1CC1. The lowest BCUT2D eigenvalue weighted by Crippen LogP contribution is -2.29. The molecule has 0 bridgehead atoms. The van der Waals surface area contributed by atoms with Crippen LogP contribution in [0.25, 0.3) is 0 Å². The lowest BCUT2D eigenvalue weighted by atomic mass is 9.93. The van der Waals surface area contributed by atoms with Crippen LogP contribution in [0.1, 0.15) is 45.4 Å². The maximum atomic E-state index is 12.0. The van der Waals surface area contributed by atoms with Crippen LogP contribution < -0.4 is 0 Å². The van der Waals surface area contributed by atoms with Crippen LogP contribution in [0.2, 0.25) is 0 Å². The van der Waals surface area contributed by atoms with E-state index in [0.29, 0.717) is 12.3 Å². The van der Waals surface area contributed by atoms with Crippen molar-refractivity contribution in [1.29, 1.82) is 0 Å². The summed E-state index contributed by atoms with van der Waals surface area (Å²) >= 11 is 0. The molecule has 2 fully saturated rings. The summed E-state index contributed by atoms with van der Waals surface area (Å²) in [5.74, 6) is -0.890. The minimum Gasteiger partial charge on any atom is -0.465 e. The van der Waals surface area contributed by atoms with Gasteiger partial charge in [0.15, 0.2) is 0 Å². The predicted octanol–water partition coefficient (Wildman–Crippen LogP) is 1.90. The standard InChI is InChI=1S/C14H20O4/c1-2-18-14(17)11(8-12(15)10-5-6-10)13(16)7-9-3-4-9/h9-11H,2-8H2,1H3. The molecule has 0 aromatic rings. The second-order valence-corrected chi connectivity index (χ2v) is 5.36. The van der Waals surface area contributed by atoms with Gasteiger partial charge in [-0.25, -0.2) is 0 Å². The Kier molecular flexibility index (Phi) is 4.15. The molecule has 0 aromatic heterocycles. The molecule has 0 saturated heterocycles. The lowest BCUT2D eigenvalue weighted by molar-refractivity contribution is -0.153. The molecule has 0 aliphatic heterocycles. The molecule has 2 aliphatic rings. The van der Waals surface area contributed by atoms with Crippen LogP contribution in [0.15, 0.2) is 0 Å². The summed E-state index contributed by atoms with van der Waals surface area (Å²) < 4.78 is 4.92. The highest BCUT2D eigenvalue weighted by Crippen LogP contribution is 2.35. The van der Waals surface area contributed by atoms with Crippen molar-refractivity contribution >= 4 is 17.5 Å². The van der Waals surface area contributed by atoms with Gasteiger partial charge in [0.25, 0.3) is 0 Å². The Hall–Kier alpha value is -1.19. The minimum absolute atomic E-state index is 0.0506. The van der Waals surface area contributed by atoms with E-state index in [1.165, 1.54) is 0 Å². The van der Waals surface area contributed by atoms with Crippen molar-refractivity contribution in [3.05, 3.63) is 0 Å². The van der Waals surface area contributed by atoms with Gasteiger partial charge in [0.05, 0.1) is 6.61 Å². The van der Waals surface area contributed by atoms with Gasteiger partial charge in [-0.15, -0.1) is 0 Å². The van der Waals surface area contributed by atoms with Crippen molar-refractivity contribution in [1.82, 2.24) is 0 Å². The first-order valence-electron chi connectivity index (χ1n) is 6.83. The molecule has 2 saturated carbocycles. The molecular weight excluding hydrogens is 232 g/mol. The number of ketones is 2. The number of carbonyl (C=O) groups is 3. The fourth-order valence-electron chi connectivity index (χ4n) is 2.09. The second kappa shape index (κ2) is 5.63. The highest BCUT2D eigenvalue weighted by atomic mass is 16.5. The number of rotatable bonds is 8. The molecule has 1 unspecified atom stereocenters. The number of esters is 1. The second-order valence-electron chi connectivity index (χ2n) is 5.36. The van der Waals surface area contributed by atoms with Crippen molar-refractivity contribution in [3.8, 4) is 0 Å². The molecule has 2 aliphatic carbocycles. The van der Waals surface area contributed by atoms with E-state index in [0.717, 1.165) is 25.7 Å². The van der Waals surface area contributed by atoms with E-state index in [1.807, 2.05) is 0 Å². The Morgan fingerprint density at radius 3 is 2.33 bits per heavy atom. The van der Waals surface area contributed by atoms with Gasteiger partial charge in [0, 0.05) is 18.8 Å². The molecule has 4 heteroatoms. The van der Waals surface area contributed by atoms with Crippen molar-refractivity contribution in [2.24, 2.45) is 17.8 Å². The van der Waals surface area contributed by atoms with Crippen LogP contribution in [-0.4, -0.2) is 24.1 Å². The fourth-order valence-corrected chi connectivity index (χ4v) is 2.09. The maximum Gasteiger partial charge on any atom is 0.316 e. The Labute approximate surface area is 107 Å². The van der Waals surface area contributed by atoms with Gasteiger partial charge in [-0.1, -0.05) is 0 Å². The zero-order valence-electron chi connectivity index (χ0n) is 10.8. The molecule has 1 atom stereocenters. The first-order chi connectivity index (χ1) is 8.61. The van der Waals surface area contributed by atoms with Crippen LogP contribution in [0, 0.1) is 17.8 Å². The predicted molar refractivity (Wildman–Crippen MR) is 64.8 cm³/mol. The minimum atomic E-state index is -0.848. The molecule has 0 amide bonds. The Morgan fingerprint density at radius 1 is 1.17 bits per heavy atom. The lowest BCUT2D eigenvalue weighted by Gasteiger charge is -2.13. The van der Waals surface area contributed by atoms with E-state index in [9.17, 15) is 14.4 Å². The van der Waals surface area contributed by atoms with Gasteiger partial charge in [-0.2, -0.15) is 0 Å². The molecule has 100 valence electrons. The molecule has 4 nitrogen and oxygen atoms in total. The van der Waals surface area contributed by atoms with E-state index in [2.05, 4.69) is 0 Å². The highest BCUT2D eigenvalue weighted by molar-refractivity contribution is 6.03. The molecule has 2 rings (SSSR count). The summed E-state index contributed by atoms with van der Waals surface area (Å²) in [6.45, 7) is 1.96. The molecule has 0 radical (unpaired) electrons. The van der Waals surface area contributed by atoms with Crippen LogP contribution >= 0.6 is 0 Å². The molecule has 0 N–H and O–H groups in total.